The van der Waals surface area contributed by atoms with Gasteiger partial charge in [0.25, 0.3) is 12.0 Å². The Morgan fingerprint density at radius 3 is 2.66 bits per heavy atom. The van der Waals surface area contributed by atoms with Crippen molar-refractivity contribution in [1.29, 1.82) is 0 Å². The van der Waals surface area contributed by atoms with Gasteiger partial charge in [-0.05, 0) is 20.8 Å². The second-order valence-electron chi connectivity index (χ2n) is 6.97. The number of carbonyl (C=O) groups is 1. The standard InChI is InChI=1S/C19H24F2N6O2/c1-5-27-12(3)14(9-22-27)11(2)23-16(28)6-7-26-17(29)8-13(18(20)21)15-10-25(4)24-19(15)26/h8-11,18H,5-7H2,1-4H3,(H,23,28)/t11-/m1/s1. The molecule has 0 aliphatic rings. The molecule has 1 atom stereocenters. The molecule has 0 radical (unpaired) electrons. The van der Waals surface area contributed by atoms with E-state index in [0.717, 1.165) is 23.9 Å². The third-order valence-corrected chi connectivity index (χ3v) is 5.00. The quantitative estimate of drug-likeness (QED) is 0.653. The number of aromatic nitrogens is 5. The van der Waals surface area contributed by atoms with E-state index in [9.17, 15) is 18.4 Å². The van der Waals surface area contributed by atoms with Gasteiger partial charge in [0.05, 0.1) is 12.2 Å². The number of nitrogens with one attached hydrogen (secondary N) is 1. The molecule has 3 aromatic rings. The van der Waals surface area contributed by atoms with Crippen LogP contribution in [0.4, 0.5) is 8.78 Å². The van der Waals surface area contributed by atoms with Crippen molar-refractivity contribution in [3.63, 3.8) is 0 Å². The summed E-state index contributed by atoms with van der Waals surface area (Å²) in [6.07, 6.45) is 0.420. The summed E-state index contributed by atoms with van der Waals surface area (Å²) in [4.78, 5) is 24.8. The van der Waals surface area contributed by atoms with Gasteiger partial charge < -0.3 is 5.32 Å². The zero-order valence-electron chi connectivity index (χ0n) is 16.8. The molecule has 3 rings (SSSR count). The van der Waals surface area contributed by atoms with Crippen molar-refractivity contribution in [2.75, 3.05) is 0 Å². The second-order valence-corrected chi connectivity index (χ2v) is 6.97. The molecule has 0 saturated heterocycles. The number of halogens is 2. The Morgan fingerprint density at radius 1 is 1.31 bits per heavy atom. The van der Waals surface area contributed by atoms with E-state index in [1.807, 2.05) is 25.5 Å². The molecule has 0 spiro atoms. The van der Waals surface area contributed by atoms with Gasteiger partial charge in [-0.25, -0.2) is 8.78 Å². The van der Waals surface area contributed by atoms with Crippen LogP contribution >= 0.6 is 0 Å². The largest absolute Gasteiger partial charge is 0.349 e. The summed E-state index contributed by atoms with van der Waals surface area (Å²) in [6.45, 7) is 6.58. The van der Waals surface area contributed by atoms with E-state index >= 15 is 0 Å². The highest BCUT2D eigenvalue weighted by atomic mass is 19.3. The van der Waals surface area contributed by atoms with Crippen molar-refractivity contribution in [2.45, 2.75) is 52.7 Å². The molecule has 0 bridgehead atoms. The number of carbonyl (C=O) groups excluding carboxylic acids is 1. The van der Waals surface area contributed by atoms with E-state index < -0.39 is 12.0 Å². The van der Waals surface area contributed by atoms with Crippen LogP contribution in [-0.4, -0.2) is 30.0 Å². The van der Waals surface area contributed by atoms with Gasteiger partial charge in [0.15, 0.2) is 5.65 Å². The minimum Gasteiger partial charge on any atom is -0.349 e. The van der Waals surface area contributed by atoms with Gasteiger partial charge >= 0.3 is 0 Å². The molecular weight excluding hydrogens is 382 g/mol. The van der Waals surface area contributed by atoms with Crippen LogP contribution in [0, 0.1) is 6.92 Å². The van der Waals surface area contributed by atoms with Gasteiger partial charge in [0, 0.05) is 61.0 Å². The number of rotatable bonds is 7. The molecule has 0 saturated carbocycles. The molecule has 1 N–H and O–H groups in total. The molecule has 0 unspecified atom stereocenters. The molecule has 10 heteroatoms. The van der Waals surface area contributed by atoms with Crippen LogP contribution in [0.5, 0.6) is 0 Å². The van der Waals surface area contributed by atoms with Gasteiger partial charge in [-0.15, -0.1) is 0 Å². The lowest BCUT2D eigenvalue weighted by Crippen LogP contribution is -2.30. The molecule has 0 aliphatic heterocycles. The molecule has 0 aliphatic carbocycles. The Morgan fingerprint density at radius 2 is 2.03 bits per heavy atom. The van der Waals surface area contributed by atoms with Crippen molar-refractivity contribution < 1.29 is 13.6 Å². The van der Waals surface area contributed by atoms with E-state index in [4.69, 9.17) is 0 Å². The minimum atomic E-state index is -2.78. The summed E-state index contributed by atoms with van der Waals surface area (Å²) in [5.74, 6) is -0.255. The van der Waals surface area contributed by atoms with Crippen LogP contribution in [0.2, 0.25) is 0 Å². The Bertz CT molecular complexity index is 1100. The third-order valence-electron chi connectivity index (χ3n) is 5.00. The predicted molar refractivity (Wildman–Crippen MR) is 104 cm³/mol. The molecule has 3 aromatic heterocycles. The Labute approximate surface area is 166 Å². The summed E-state index contributed by atoms with van der Waals surface area (Å²) in [5, 5.41) is 11.5. The monoisotopic (exact) mass is 406 g/mol. The molecular formula is C19H24F2N6O2. The highest BCUT2D eigenvalue weighted by Gasteiger charge is 2.20. The van der Waals surface area contributed by atoms with Crippen molar-refractivity contribution in [3.8, 4) is 0 Å². The summed E-state index contributed by atoms with van der Waals surface area (Å²) in [7, 11) is 1.59. The number of fused-ring (bicyclic) bond motifs is 1. The fraction of sp³-hybridized carbons (Fsp3) is 0.474. The first-order chi connectivity index (χ1) is 13.7. The Balaban J connectivity index is 1.76. The highest BCUT2D eigenvalue weighted by Crippen LogP contribution is 2.25. The zero-order valence-corrected chi connectivity index (χ0v) is 16.8. The van der Waals surface area contributed by atoms with E-state index in [2.05, 4.69) is 15.5 Å². The van der Waals surface area contributed by atoms with Crippen molar-refractivity contribution in [1.82, 2.24) is 29.4 Å². The number of pyridine rings is 1. The van der Waals surface area contributed by atoms with Gasteiger partial charge in [0.1, 0.15) is 0 Å². The first kappa shape index (κ1) is 20.7. The third kappa shape index (κ3) is 4.06. The molecule has 156 valence electrons. The van der Waals surface area contributed by atoms with Crippen LogP contribution in [0.15, 0.2) is 23.3 Å². The maximum Gasteiger partial charge on any atom is 0.264 e. The summed E-state index contributed by atoms with van der Waals surface area (Å²) >= 11 is 0. The van der Waals surface area contributed by atoms with Crippen LogP contribution in [-0.2, 0) is 24.9 Å². The number of nitrogens with zero attached hydrogens (tertiary/aromatic N) is 5. The summed E-state index contributed by atoms with van der Waals surface area (Å²) < 4.78 is 31.0. The molecule has 0 fully saturated rings. The molecule has 3 heterocycles. The van der Waals surface area contributed by atoms with Gasteiger partial charge in [-0.3, -0.25) is 23.5 Å². The Kier molecular flexibility index (Phi) is 5.81. The fourth-order valence-corrected chi connectivity index (χ4v) is 3.48. The van der Waals surface area contributed by atoms with Gasteiger partial charge in [0.2, 0.25) is 5.91 Å². The van der Waals surface area contributed by atoms with Crippen LogP contribution in [0.3, 0.4) is 0 Å². The van der Waals surface area contributed by atoms with Crippen LogP contribution in [0.1, 0.15) is 49.6 Å². The number of amides is 1. The normalized spacial score (nSPS) is 12.7. The van der Waals surface area contributed by atoms with Gasteiger partial charge in [-0.2, -0.15) is 10.2 Å². The average molecular weight is 406 g/mol. The summed E-state index contributed by atoms with van der Waals surface area (Å²) in [5.41, 5.74) is 1.10. The lowest BCUT2D eigenvalue weighted by molar-refractivity contribution is -0.121. The van der Waals surface area contributed by atoms with Crippen molar-refractivity contribution in [3.05, 3.63) is 45.6 Å². The van der Waals surface area contributed by atoms with E-state index in [1.165, 1.54) is 15.4 Å². The molecule has 8 nitrogen and oxygen atoms in total. The first-order valence-electron chi connectivity index (χ1n) is 9.39. The maximum atomic E-state index is 13.2. The SMILES string of the molecule is CCn1ncc([C@@H](C)NC(=O)CCn2c(=O)cc(C(F)F)c3cn(C)nc32)c1C. The first-order valence-corrected chi connectivity index (χ1v) is 9.39. The number of hydrogen-bond donors (Lipinski definition) is 1. The van der Waals surface area contributed by atoms with E-state index in [-0.39, 0.29) is 41.5 Å². The molecule has 29 heavy (non-hydrogen) atoms. The van der Waals surface area contributed by atoms with Crippen LogP contribution < -0.4 is 10.9 Å². The lowest BCUT2D eigenvalue weighted by atomic mass is 10.1. The predicted octanol–water partition coefficient (Wildman–Crippen LogP) is 2.46. The minimum absolute atomic E-state index is 0.0188. The summed E-state index contributed by atoms with van der Waals surface area (Å²) in [6, 6.07) is 0.674. The fourth-order valence-electron chi connectivity index (χ4n) is 3.48. The lowest BCUT2D eigenvalue weighted by Gasteiger charge is -2.15. The molecule has 1 amide bonds. The average Bonchev–Trinajstić information content (AvgIpc) is 3.22. The van der Waals surface area contributed by atoms with E-state index in [1.54, 1.807) is 13.2 Å². The van der Waals surface area contributed by atoms with Crippen molar-refractivity contribution >= 4 is 16.9 Å². The number of aryl methyl sites for hydroxylation is 3. The van der Waals surface area contributed by atoms with Crippen molar-refractivity contribution in [2.24, 2.45) is 7.05 Å². The zero-order chi connectivity index (χ0) is 21.3. The maximum absolute atomic E-state index is 13.2. The highest BCUT2D eigenvalue weighted by molar-refractivity contribution is 5.80. The Hall–Kier alpha value is -3.04. The smallest absolute Gasteiger partial charge is 0.264 e. The topological polar surface area (TPSA) is 86.7 Å². The van der Waals surface area contributed by atoms with E-state index in [0.29, 0.717) is 0 Å². The number of hydrogen-bond acceptors (Lipinski definition) is 4. The second kappa shape index (κ2) is 8.14. The number of alkyl halides is 2. The van der Waals surface area contributed by atoms with Gasteiger partial charge in [-0.1, -0.05) is 0 Å². The van der Waals surface area contributed by atoms with Crippen LogP contribution in [0.25, 0.3) is 11.0 Å². The molecule has 0 aromatic carbocycles.